The van der Waals surface area contributed by atoms with Gasteiger partial charge < -0.3 is 10.1 Å². The highest BCUT2D eigenvalue weighted by Gasteiger charge is 2.10. The smallest absolute Gasteiger partial charge is 0.339 e. The third-order valence-electron chi connectivity index (χ3n) is 2.26. The van der Waals surface area contributed by atoms with Gasteiger partial charge in [-0.15, -0.1) is 0 Å². The Balaban J connectivity index is 2.36. The number of esters is 1. The summed E-state index contributed by atoms with van der Waals surface area (Å²) in [6.45, 7) is 0. The molecule has 0 saturated carbocycles. The maximum atomic E-state index is 13.0. The van der Waals surface area contributed by atoms with Crippen LogP contribution in [0.3, 0.4) is 0 Å². The van der Waals surface area contributed by atoms with Crippen LogP contribution >= 0.6 is 0 Å². The molecule has 0 fully saturated rings. The Hall–Kier alpha value is -2.10. The highest BCUT2D eigenvalue weighted by Crippen LogP contribution is 2.22. The van der Waals surface area contributed by atoms with Gasteiger partial charge >= 0.3 is 5.97 Å². The van der Waals surface area contributed by atoms with Crippen LogP contribution < -0.4 is 5.32 Å². The molecule has 1 heterocycles. The van der Waals surface area contributed by atoms with E-state index in [1.165, 1.54) is 25.4 Å². The maximum Gasteiger partial charge on any atom is 0.339 e. The molecular weight excluding hydrogens is 209 g/mol. The number of carbonyl (C=O) groups excluding carboxylic acids is 1. The fourth-order valence-electron chi connectivity index (χ4n) is 1.43. The van der Waals surface area contributed by atoms with Gasteiger partial charge in [0.2, 0.25) is 0 Å². The van der Waals surface area contributed by atoms with Gasteiger partial charge in [0.05, 0.1) is 12.7 Å². The predicted octanol–water partition coefficient (Wildman–Crippen LogP) is 2.32. The molecule has 1 aliphatic heterocycles. The number of halogens is 1. The molecule has 16 heavy (non-hydrogen) atoms. The Kier molecular flexibility index (Phi) is 2.72. The van der Waals surface area contributed by atoms with Crippen molar-refractivity contribution in [1.29, 1.82) is 0 Å². The lowest BCUT2D eigenvalue weighted by Crippen LogP contribution is -2.03. The molecule has 0 unspecified atom stereocenters. The minimum Gasteiger partial charge on any atom is -0.465 e. The summed E-state index contributed by atoms with van der Waals surface area (Å²) in [5.74, 6) is -0.747. The number of nitrogens with one attached hydrogen (secondary N) is 1. The molecular formula is C12H10FNO2. The second-order valence-corrected chi connectivity index (χ2v) is 3.30. The van der Waals surface area contributed by atoms with Gasteiger partial charge in [0, 0.05) is 17.5 Å². The molecule has 2 rings (SSSR count). The molecule has 3 nitrogen and oxygen atoms in total. The normalized spacial score (nSPS) is 13.2. The van der Waals surface area contributed by atoms with Gasteiger partial charge in [0.1, 0.15) is 5.82 Å². The topological polar surface area (TPSA) is 38.3 Å². The lowest BCUT2D eigenvalue weighted by Gasteiger charge is -2.03. The number of hydrogen-bond donors (Lipinski definition) is 1. The number of hydrogen-bond acceptors (Lipinski definition) is 3. The van der Waals surface area contributed by atoms with E-state index in [0.29, 0.717) is 11.1 Å². The Labute approximate surface area is 92.2 Å². The van der Waals surface area contributed by atoms with Crippen LogP contribution in [0.2, 0.25) is 0 Å². The van der Waals surface area contributed by atoms with E-state index in [0.717, 1.165) is 5.69 Å². The van der Waals surface area contributed by atoms with E-state index in [4.69, 9.17) is 0 Å². The van der Waals surface area contributed by atoms with Gasteiger partial charge in [0.15, 0.2) is 0 Å². The van der Waals surface area contributed by atoms with Crippen LogP contribution in [0.1, 0.15) is 5.56 Å². The van der Waals surface area contributed by atoms with Gasteiger partial charge in [-0.2, -0.15) is 0 Å². The van der Waals surface area contributed by atoms with Crippen LogP contribution in [0.4, 0.5) is 10.1 Å². The van der Waals surface area contributed by atoms with Crippen LogP contribution in [0.15, 0.2) is 36.0 Å². The summed E-state index contributed by atoms with van der Waals surface area (Å²) in [7, 11) is 1.31. The summed E-state index contributed by atoms with van der Waals surface area (Å²) in [5.41, 5.74) is 1.82. The summed E-state index contributed by atoms with van der Waals surface area (Å²) in [6, 6.07) is 4.37. The zero-order chi connectivity index (χ0) is 11.5. The fraction of sp³-hybridized carbons (Fsp3) is 0.0833. The Morgan fingerprint density at radius 2 is 2.19 bits per heavy atom. The first kappa shape index (κ1) is 10.4. The third-order valence-corrected chi connectivity index (χ3v) is 2.26. The largest absolute Gasteiger partial charge is 0.465 e. The predicted molar refractivity (Wildman–Crippen MR) is 59.2 cm³/mol. The lowest BCUT2D eigenvalue weighted by atomic mass is 10.1. The first-order valence-electron chi connectivity index (χ1n) is 4.73. The molecule has 0 saturated heterocycles. The standard InChI is InChI=1S/C12H10FNO2/c1-16-12(15)9-3-2-8-6-10(13)4-5-11(8)14-7-9/h2-7,14H,1H3. The second-order valence-electron chi connectivity index (χ2n) is 3.30. The summed E-state index contributed by atoms with van der Waals surface area (Å²) >= 11 is 0. The minimum atomic E-state index is -0.433. The van der Waals surface area contributed by atoms with E-state index < -0.39 is 5.97 Å². The van der Waals surface area contributed by atoms with Gasteiger partial charge in [-0.3, -0.25) is 0 Å². The molecule has 0 radical (unpaired) electrons. The van der Waals surface area contributed by atoms with Crippen molar-refractivity contribution in [2.45, 2.75) is 0 Å². The molecule has 1 aliphatic rings. The van der Waals surface area contributed by atoms with E-state index in [1.807, 2.05) is 0 Å². The average Bonchev–Trinajstić information content (AvgIpc) is 2.50. The van der Waals surface area contributed by atoms with Crippen molar-refractivity contribution >= 4 is 17.7 Å². The SMILES string of the molecule is COC(=O)C1=CNc2ccc(F)cc2C=C1. The summed E-state index contributed by atoms with van der Waals surface area (Å²) in [5, 5.41) is 2.93. The molecule has 4 heteroatoms. The first-order valence-corrected chi connectivity index (χ1v) is 4.73. The maximum absolute atomic E-state index is 13.0. The molecule has 0 aromatic heterocycles. The van der Waals surface area contributed by atoms with Crippen molar-refractivity contribution < 1.29 is 13.9 Å². The van der Waals surface area contributed by atoms with Crippen molar-refractivity contribution in [3.8, 4) is 0 Å². The number of ether oxygens (including phenoxy) is 1. The summed E-state index contributed by atoms with van der Waals surface area (Å²) in [6.07, 6.45) is 4.79. The molecule has 1 aromatic rings. The Morgan fingerprint density at radius 1 is 1.38 bits per heavy atom. The molecule has 0 spiro atoms. The highest BCUT2D eigenvalue weighted by molar-refractivity contribution is 5.94. The quantitative estimate of drug-likeness (QED) is 0.736. The summed E-state index contributed by atoms with van der Waals surface area (Å²) in [4.78, 5) is 11.3. The minimum absolute atomic E-state index is 0.313. The highest BCUT2D eigenvalue weighted by atomic mass is 19.1. The monoisotopic (exact) mass is 219 g/mol. The molecule has 0 atom stereocenters. The fourth-order valence-corrected chi connectivity index (χ4v) is 1.43. The van der Waals surface area contributed by atoms with Crippen LogP contribution in [-0.2, 0) is 9.53 Å². The zero-order valence-corrected chi connectivity index (χ0v) is 8.66. The Morgan fingerprint density at radius 3 is 2.94 bits per heavy atom. The number of benzene rings is 1. The van der Waals surface area contributed by atoms with Crippen molar-refractivity contribution in [2.24, 2.45) is 0 Å². The van der Waals surface area contributed by atoms with E-state index >= 15 is 0 Å². The van der Waals surface area contributed by atoms with Gasteiger partial charge in [0.25, 0.3) is 0 Å². The van der Waals surface area contributed by atoms with Gasteiger partial charge in [-0.05, 0) is 24.3 Å². The molecule has 1 N–H and O–H groups in total. The molecule has 0 bridgehead atoms. The number of methoxy groups -OCH3 is 1. The van der Waals surface area contributed by atoms with Crippen molar-refractivity contribution in [3.63, 3.8) is 0 Å². The van der Waals surface area contributed by atoms with Gasteiger partial charge in [-0.1, -0.05) is 6.08 Å². The third kappa shape index (κ3) is 1.95. The van der Waals surface area contributed by atoms with Crippen molar-refractivity contribution in [3.05, 3.63) is 47.4 Å². The lowest BCUT2D eigenvalue weighted by molar-refractivity contribution is -0.135. The van der Waals surface area contributed by atoms with Crippen molar-refractivity contribution in [1.82, 2.24) is 0 Å². The zero-order valence-electron chi connectivity index (χ0n) is 8.66. The van der Waals surface area contributed by atoms with Crippen LogP contribution in [-0.4, -0.2) is 13.1 Å². The number of fused-ring (bicyclic) bond motifs is 1. The van der Waals surface area contributed by atoms with E-state index in [-0.39, 0.29) is 5.82 Å². The van der Waals surface area contributed by atoms with E-state index in [1.54, 1.807) is 18.2 Å². The molecule has 1 aromatic carbocycles. The van der Waals surface area contributed by atoms with Crippen LogP contribution in [0.25, 0.3) is 6.08 Å². The molecule has 0 aliphatic carbocycles. The number of rotatable bonds is 1. The summed E-state index contributed by atoms with van der Waals surface area (Å²) < 4.78 is 17.6. The molecule has 0 amide bonds. The first-order chi connectivity index (χ1) is 7.70. The van der Waals surface area contributed by atoms with Crippen LogP contribution in [0, 0.1) is 5.82 Å². The van der Waals surface area contributed by atoms with Gasteiger partial charge in [-0.25, -0.2) is 9.18 Å². The van der Waals surface area contributed by atoms with Crippen molar-refractivity contribution in [2.75, 3.05) is 12.4 Å². The van der Waals surface area contributed by atoms with E-state index in [2.05, 4.69) is 10.1 Å². The second kappa shape index (κ2) is 4.18. The number of carbonyl (C=O) groups is 1. The van der Waals surface area contributed by atoms with Crippen LogP contribution in [0.5, 0.6) is 0 Å². The van der Waals surface area contributed by atoms with E-state index in [9.17, 15) is 9.18 Å². The number of anilines is 1. The molecule has 82 valence electrons. The average molecular weight is 219 g/mol. The Bertz CT molecular complexity index is 492.